The summed E-state index contributed by atoms with van der Waals surface area (Å²) in [5, 5.41) is 0. The van der Waals surface area contributed by atoms with E-state index in [0.717, 1.165) is 0 Å². The van der Waals surface area contributed by atoms with E-state index in [0.29, 0.717) is 0 Å². The Morgan fingerprint density at radius 2 is 0.500 bits per heavy atom. The van der Waals surface area contributed by atoms with Gasteiger partial charge in [0.1, 0.15) is 0 Å². The summed E-state index contributed by atoms with van der Waals surface area (Å²) < 4.78 is 0. The molecule has 5 nitrogen and oxygen atoms in total. The molecule has 0 aromatic rings. The number of hydrogen-bond acceptors (Lipinski definition) is 0. The molecule has 0 rings (SSSR count). The van der Waals surface area contributed by atoms with Crippen molar-refractivity contribution in [2.45, 2.75) is 0 Å². The predicted octanol–water partition coefficient (Wildman–Crippen LogP) is -1.74. The van der Waals surface area contributed by atoms with Crippen molar-refractivity contribution in [1.82, 2.24) is 0 Å². The first-order chi connectivity index (χ1) is 0. The van der Waals surface area contributed by atoms with Crippen molar-refractivity contribution in [3.8, 4) is 0 Å². The molecule has 0 aromatic carbocycles. The molecule has 0 aliphatic carbocycles. The molecule has 8 heavy (non-hydrogen) atoms. The van der Waals surface area contributed by atoms with E-state index in [-0.39, 0.29) is 90.6 Å². The van der Waals surface area contributed by atoms with Gasteiger partial charge in [0, 0.05) is 0 Å². The van der Waals surface area contributed by atoms with Crippen LogP contribution in [0.1, 0.15) is 0 Å². The Labute approximate surface area is 90.0 Å². The predicted molar refractivity (Wildman–Crippen MR) is 20.7 cm³/mol. The second-order valence-electron chi connectivity index (χ2n) is 0. The second-order valence-corrected chi connectivity index (χ2v) is 0. The number of hydrogen-bond donors (Lipinski definition) is 0. The molecule has 0 bridgehead atoms. The van der Waals surface area contributed by atoms with Crippen LogP contribution in [0, 0.1) is 0 Å². The van der Waals surface area contributed by atoms with Crippen LogP contribution in [0.15, 0.2) is 0 Å². The first-order valence-corrected chi connectivity index (χ1v) is 0. The molecule has 0 unspecified atom stereocenters. The smallest absolute Gasteiger partial charge is 2.00 e. The van der Waals surface area contributed by atoms with Crippen LogP contribution in [-0.2, 0) is 27.4 Å². The largest absolute Gasteiger partial charge is 4.00 e. The average molecular weight is 337 g/mol. The fourth-order valence-corrected chi connectivity index (χ4v) is 0. The van der Waals surface area contributed by atoms with Crippen LogP contribution >= 0.6 is 0 Å². The van der Waals surface area contributed by atoms with Crippen molar-refractivity contribution in [3.05, 3.63) is 0 Å². The van der Waals surface area contributed by atoms with E-state index < -0.39 is 0 Å². The molecule has 0 fully saturated rings. The summed E-state index contributed by atoms with van der Waals surface area (Å²) in [7, 11) is 0. The van der Waals surface area contributed by atoms with Gasteiger partial charge in [0.15, 0.2) is 0 Å². The third kappa shape index (κ3) is 108. The minimum absolute atomic E-state index is 0. The normalized spacial score (nSPS) is 0. The molecule has 8 heteroatoms. The average Bonchev–Trinajstić information content (AvgIpc) is 0. The maximum absolute atomic E-state index is 0. The zero-order chi connectivity index (χ0) is 0. The molecule has 0 spiro atoms. The van der Waals surface area contributed by atoms with Crippen LogP contribution in [0.25, 0.3) is 0 Å². The van der Waals surface area contributed by atoms with Gasteiger partial charge in [-0.05, 0) is 0 Å². The summed E-state index contributed by atoms with van der Waals surface area (Å²) in [6.45, 7) is 0. The van der Waals surface area contributed by atoms with Crippen molar-refractivity contribution in [2.24, 2.45) is 0 Å². The van der Waals surface area contributed by atoms with E-state index in [1.165, 1.54) is 0 Å². The van der Waals surface area contributed by atoms with E-state index in [1.807, 2.05) is 0 Å². The third-order valence-corrected chi connectivity index (χ3v) is 0. The molecule has 0 N–H and O–H groups in total. The van der Waals surface area contributed by atoms with Gasteiger partial charge in [-0.15, -0.1) is 0 Å². The van der Waals surface area contributed by atoms with Gasteiger partial charge in [-0.1, -0.05) is 0 Å². The molecule has 0 aliphatic heterocycles. The Balaban J connectivity index is 0. The molecule has 0 atom stereocenters. The van der Waals surface area contributed by atoms with Crippen molar-refractivity contribution in [3.63, 3.8) is 0 Å². The van der Waals surface area contributed by atoms with E-state index in [4.69, 9.17) is 0 Å². The molecular formula is GaGeInO5. The summed E-state index contributed by atoms with van der Waals surface area (Å²) in [6, 6.07) is 0. The molecule has 0 saturated carbocycles. The minimum atomic E-state index is 0. The Morgan fingerprint density at radius 3 is 0.500 bits per heavy atom. The van der Waals surface area contributed by atoms with Gasteiger partial charge in [-0.3, -0.25) is 0 Å². The van der Waals surface area contributed by atoms with E-state index in [9.17, 15) is 0 Å². The molecule has 0 amide bonds. The van der Waals surface area contributed by atoms with Gasteiger partial charge < -0.3 is 27.4 Å². The Hall–Kier alpha value is 1.85. The van der Waals surface area contributed by atoms with Crippen LogP contribution < -0.4 is 0 Å². The van der Waals surface area contributed by atoms with Crippen molar-refractivity contribution in [1.29, 1.82) is 0 Å². The van der Waals surface area contributed by atoms with Crippen molar-refractivity contribution in [2.75, 3.05) is 0 Å². The van der Waals surface area contributed by atoms with Crippen LogP contribution in [0.2, 0.25) is 0 Å². The van der Waals surface area contributed by atoms with Gasteiger partial charge in [-0.25, -0.2) is 0 Å². The number of rotatable bonds is 0. The summed E-state index contributed by atoms with van der Waals surface area (Å²) in [4.78, 5) is 0. The molecule has 40 valence electrons. The molecule has 0 heterocycles. The van der Waals surface area contributed by atoms with Gasteiger partial charge in [0.2, 0.25) is 0 Å². The Bertz CT molecular complexity index is 12.4. The molecule has 0 aliphatic rings. The first kappa shape index (κ1) is 226. The fourth-order valence-electron chi connectivity index (χ4n) is 0. The maximum atomic E-state index is 0. The standard InChI is InChI=1S/Ga.Ge.In.5O/q+3;+4;+3;5*-2. The molecular weight excluding hydrogens is 337 g/mol. The zero-order valence-electron chi connectivity index (χ0n) is 3.70. The van der Waals surface area contributed by atoms with Crippen LogP contribution in [0.3, 0.4) is 0 Å². The quantitative estimate of drug-likeness (QED) is 0.463. The molecule has 0 saturated heterocycles. The van der Waals surface area contributed by atoms with E-state index in [1.54, 1.807) is 0 Å². The van der Waals surface area contributed by atoms with Crippen LogP contribution in [-0.4, -0.2) is 63.2 Å². The van der Waals surface area contributed by atoms with E-state index in [2.05, 4.69) is 0 Å². The van der Waals surface area contributed by atoms with Crippen LogP contribution in [0.4, 0.5) is 0 Å². The molecule has 0 radical (unpaired) electrons. The third-order valence-electron chi connectivity index (χ3n) is 0. The Kier molecular flexibility index (Phi) is 4490. The Morgan fingerprint density at radius 1 is 0.500 bits per heavy atom. The summed E-state index contributed by atoms with van der Waals surface area (Å²) in [5.41, 5.74) is 0. The van der Waals surface area contributed by atoms with E-state index >= 15 is 0 Å². The maximum Gasteiger partial charge on any atom is 4.00 e. The summed E-state index contributed by atoms with van der Waals surface area (Å²) in [5.74, 6) is 0. The van der Waals surface area contributed by atoms with Crippen molar-refractivity contribution >= 4 is 63.2 Å². The van der Waals surface area contributed by atoms with Gasteiger partial charge >= 0.3 is 63.2 Å². The summed E-state index contributed by atoms with van der Waals surface area (Å²) in [6.07, 6.45) is 0. The van der Waals surface area contributed by atoms with Crippen molar-refractivity contribution < 1.29 is 27.4 Å². The van der Waals surface area contributed by atoms with Gasteiger partial charge in [0.05, 0.1) is 0 Å². The zero-order valence-corrected chi connectivity index (χ0v) is 11.5. The molecule has 0 aromatic heterocycles. The fraction of sp³-hybridized carbons (Fsp3) is 0. The summed E-state index contributed by atoms with van der Waals surface area (Å²) >= 11 is 0. The first-order valence-electron chi connectivity index (χ1n) is 0. The monoisotopic (exact) mass is 338 g/mol. The topological polar surface area (TPSA) is 142 Å². The van der Waals surface area contributed by atoms with Crippen LogP contribution in [0.5, 0.6) is 0 Å². The van der Waals surface area contributed by atoms with Gasteiger partial charge in [0.25, 0.3) is 0 Å². The SMILES string of the molecule is [Ga+3].[Ge+4].[In+3].[O-2].[O-2].[O-2].[O-2].[O-2]. The second kappa shape index (κ2) is 159. The van der Waals surface area contributed by atoms with Gasteiger partial charge in [-0.2, -0.15) is 0 Å². The minimum Gasteiger partial charge on any atom is -2.00 e.